The Balaban J connectivity index is 1.28. The third kappa shape index (κ3) is 12.5. The molecular weight excluding hydrogens is 689 g/mol. The van der Waals surface area contributed by atoms with E-state index in [-0.39, 0.29) is 34.5 Å². The van der Waals surface area contributed by atoms with Gasteiger partial charge in [-0.05, 0) is 112 Å². The molecule has 292 valence electrons. The van der Waals surface area contributed by atoms with Gasteiger partial charge in [0.15, 0.2) is 11.6 Å². The van der Waals surface area contributed by atoms with Crippen LogP contribution in [0.5, 0.6) is 0 Å². The van der Waals surface area contributed by atoms with Crippen LogP contribution < -0.4 is 10.6 Å². The fourth-order valence-corrected chi connectivity index (χ4v) is 7.19. The van der Waals surface area contributed by atoms with Crippen molar-refractivity contribution in [2.24, 2.45) is 10.8 Å². The summed E-state index contributed by atoms with van der Waals surface area (Å²) in [4.78, 5) is 35.1. The number of carbonyl (C=O) groups is 2. The van der Waals surface area contributed by atoms with Crippen LogP contribution >= 0.6 is 0 Å². The zero-order valence-corrected chi connectivity index (χ0v) is 35.0. The van der Waals surface area contributed by atoms with E-state index in [1.165, 1.54) is 0 Å². The van der Waals surface area contributed by atoms with Gasteiger partial charge < -0.3 is 10.6 Å². The van der Waals surface area contributed by atoms with Crippen LogP contribution in [0.25, 0.3) is 0 Å². The molecule has 0 amide bonds. The van der Waals surface area contributed by atoms with E-state index in [0.717, 1.165) is 56.2 Å². The molecule has 56 heavy (non-hydrogen) atoms. The number of hydrogen-bond acceptors (Lipinski definition) is 6. The van der Waals surface area contributed by atoms with Gasteiger partial charge >= 0.3 is 0 Å². The number of Topliss-reactive ketones (excluding diaryl/α,β-unsaturated/α-hetero) is 2. The summed E-state index contributed by atoms with van der Waals surface area (Å²) in [5.74, 6) is 1.69. The highest BCUT2D eigenvalue weighted by Crippen LogP contribution is 2.41. The van der Waals surface area contributed by atoms with Crippen molar-refractivity contribution >= 4 is 23.2 Å². The Morgan fingerprint density at radius 1 is 0.571 bits per heavy atom. The predicted molar refractivity (Wildman–Crippen MR) is 236 cm³/mol. The number of aromatic nitrogens is 2. The molecule has 0 fully saturated rings. The largest absolute Gasteiger partial charge is 0.360 e. The molecule has 2 aliphatic carbocycles. The molecule has 2 aromatic rings. The SMILES string of the molecule is CC(C=CC=C(C)C=CC1=C(C)C(=O)C(Nc2ccccn2)CC1(C)C)=CC=CC=C(C)C=CC=C(C)C=CC1=C(C)C(=O)C(Nc2ccccn2)CC1(C)C. The van der Waals surface area contributed by atoms with Gasteiger partial charge in [-0.2, -0.15) is 0 Å². The molecule has 2 heterocycles. The Hall–Kier alpha value is -5.62. The molecular formula is C50H60N4O2. The quantitative estimate of drug-likeness (QED) is 0.187. The Labute approximate surface area is 335 Å². The highest BCUT2D eigenvalue weighted by Gasteiger charge is 2.39. The summed E-state index contributed by atoms with van der Waals surface area (Å²) in [6.45, 7) is 21.0. The molecule has 2 aliphatic rings. The monoisotopic (exact) mass is 748 g/mol. The number of allylic oxidation sites excluding steroid dienone is 20. The second kappa shape index (κ2) is 19.8. The van der Waals surface area contributed by atoms with Gasteiger partial charge in [0.2, 0.25) is 0 Å². The van der Waals surface area contributed by atoms with Crippen LogP contribution in [-0.4, -0.2) is 33.6 Å². The molecule has 2 aromatic heterocycles. The lowest BCUT2D eigenvalue weighted by Crippen LogP contribution is -2.40. The second-order valence-electron chi connectivity index (χ2n) is 16.2. The highest BCUT2D eigenvalue weighted by atomic mass is 16.1. The first-order valence-corrected chi connectivity index (χ1v) is 19.5. The van der Waals surface area contributed by atoms with E-state index in [0.29, 0.717) is 12.8 Å². The van der Waals surface area contributed by atoms with Crippen molar-refractivity contribution in [1.82, 2.24) is 9.97 Å². The summed E-state index contributed by atoms with van der Waals surface area (Å²) in [5.41, 5.74) is 7.94. The molecule has 2 unspecified atom stereocenters. The molecule has 0 saturated carbocycles. The average molecular weight is 749 g/mol. The molecule has 6 heteroatoms. The van der Waals surface area contributed by atoms with Crippen LogP contribution in [0.1, 0.15) is 82.1 Å². The molecule has 0 saturated heterocycles. The molecule has 4 rings (SSSR count). The fourth-order valence-electron chi connectivity index (χ4n) is 7.19. The van der Waals surface area contributed by atoms with Gasteiger partial charge in [-0.15, -0.1) is 0 Å². The topological polar surface area (TPSA) is 84.0 Å². The summed E-state index contributed by atoms with van der Waals surface area (Å²) in [6, 6.07) is 10.8. The zero-order chi connectivity index (χ0) is 40.9. The molecule has 0 aliphatic heterocycles. The van der Waals surface area contributed by atoms with Crippen LogP contribution in [0.15, 0.2) is 178 Å². The number of carbonyl (C=O) groups excluding carboxylic acids is 2. The lowest BCUT2D eigenvalue weighted by molar-refractivity contribution is -0.118. The van der Waals surface area contributed by atoms with E-state index in [2.05, 4.69) is 149 Å². The van der Waals surface area contributed by atoms with E-state index in [1.54, 1.807) is 12.4 Å². The van der Waals surface area contributed by atoms with Gasteiger partial charge in [-0.25, -0.2) is 9.97 Å². The number of rotatable bonds is 14. The number of nitrogens with one attached hydrogen (secondary N) is 2. The number of ketones is 2. The van der Waals surface area contributed by atoms with Gasteiger partial charge in [-0.3, -0.25) is 9.59 Å². The molecule has 6 nitrogen and oxygen atoms in total. The summed E-state index contributed by atoms with van der Waals surface area (Å²) in [5, 5.41) is 6.65. The first kappa shape index (κ1) is 43.1. The van der Waals surface area contributed by atoms with Crippen LogP contribution in [-0.2, 0) is 9.59 Å². The Bertz CT molecular complexity index is 1930. The smallest absolute Gasteiger partial charge is 0.181 e. The zero-order valence-electron chi connectivity index (χ0n) is 35.0. The maximum absolute atomic E-state index is 13.2. The minimum atomic E-state index is -0.287. The van der Waals surface area contributed by atoms with Crippen LogP contribution in [0, 0.1) is 10.8 Å². The van der Waals surface area contributed by atoms with Crippen molar-refractivity contribution in [3.63, 3.8) is 0 Å². The average Bonchev–Trinajstić information content (AvgIpc) is 3.15. The van der Waals surface area contributed by atoms with Crippen molar-refractivity contribution in [2.75, 3.05) is 10.6 Å². The van der Waals surface area contributed by atoms with Gasteiger partial charge in [-0.1, -0.05) is 147 Å². The minimum Gasteiger partial charge on any atom is -0.360 e. The maximum atomic E-state index is 13.2. The third-order valence-corrected chi connectivity index (χ3v) is 10.3. The normalized spacial score (nSPS) is 21.5. The lowest BCUT2D eigenvalue weighted by atomic mass is 9.70. The van der Waals surface area contributed by atoms with Gasteiger partial charge in [0.25, 0.3) is 0 Å². The van der Waals surface area contributed by atoms with Crippen LogP contribution in [0.4, 0.5) is 11.6 Å². The summed E-state index contributed by atoms with van der Waals surface area (Å²) >= 11 is 0. The van der Waals surface area contributed by atoms with Gasteiger partial charge in [0.05, 0.1) is 12.1 Å². The van der Waals surface area contributed by atoms with Crippen LogP contribution in [0.2, 0.25) is 0 Å². The van der Waals surface area contributed by atoms with E-state index in [1.807, 2.05) is 62.4 Å². The van der Waals surface area contributed by atoms with E-state index in [9.17, 15) is 9.59 Å². The fraction of sp³-hybridized carbons (Fsp3) is 0.320. The van der Waals surface area contributed by atoms with Gasteiger partial charge in [0, 0.05) is 12.4 Å². The first-order valence-electron chi connectivity index (χ1n) is 19.5. The molecule has 2 atom stereocenters. The van der Waals surface area contributed by atoms with Crippen molar-refractivity contribution in [1.29, 1.82) is 0 Å². The first-order chi connectivity index (χ1) is 26.6. The maximum Gasteiger partial charge on any atom is 0.181 e. The summed E-state index contributed by atoms with van der Waals surface area (Å²) in [7, 11) is 0. The number of anilines is 2. The lowest BCUT2D eigenvalue weighted by Gasteiger charge is -2.37. The highest BCUT2D eigenvalue weighted by molar-refractivity contribution is 6.03. The van der Waals surface area contributed by atoms with Crippen molar-refractivity contribution in [3.05, 3.63) is 178 Å². The molecule has 0 aromatic carbocycles. The van der Waals surface area contributed by atoms with Crippen LogP contribution in [0.3, 0.4) is 0 Å². The summed E-state index contributed by atoms with van der Waals surface area (Å²) in [6.07, 6.45) is 34.0. The Morgan fingerprint density at radius 2 is 0.929 bits per heavy atom. The predicted octanol–water partition coefficient (Wildman–Crippen LogP) is 11.9. The number of pyridine rings is 2. The molecule has 0 bridgehead atoms. The standard InChI is InChI=1S/C50H60N4O2/c1-35(21-17-23-37(3)27-29-41-39(5)47(55)43(33-49(41,7)8)53-45-25-13-15-31-51-45)19-11-12-20-36(2)22-18-24-38(4)28-30-42-40(6)48(56)44(34-50(42,9)10)54-46-26-14-16-32-52-46/h11-32,43-44H,33-34H2,1-10H3,(H,51,53)(H,52,54). The van der Waals surface area contributed by atoms with E-state index >= 15 is 0 Å². The Morgan fingerprint density at radius 3 is 1.29 bits per heavy atom. The van der Waals surface area contributed by atoms with Crippen molar-refractivity contribution < 1.29 is 9.59 Å². The van der Waals surface area contributed by atoms with Crippen molar-refractivity contribution in [3.8, 4) is 0 Å². The summed E-state index contributed by atoms with van der Waals surface area (Å²) < 4.78 is 0. The molecule has 0 radical (unpaired) electrons. The van der Waals surface area contributed by atoms with E-state index in [4.69, 9.17) is 0 Å². The van der Waals surface area contributed by atoms with Crippen molar-refractivity contribution in [2.45, 2.75) is 94.2 Å². The molecule has 2 N–H and O–H groups in total. The third-order valence-electron chi connectivity index (χ3n) is 10.3. The number of hydrogen-bond donors (Lipinski definition) is 2. The minimum absolute atomic E-state index is 0.124. The van der Waals surface area contributed by atoms with Gasteiger partial charge in [0.1, 0.15) is 11.6 Å². The second-order valence-corrected chi connectivity index (χ2v) is 16.2. The number of nitrogens with zero attached hydrogens (tertiary/aromatic N) is 2. The Kier molecular flexibility index (Phi) is 15.3. The molecule has 0 spiro atoms. The van der Waals surface area contributed by atoms with E-state index < -0.39 is 0 Å².